The highest BCUT2D eigenvalue weighted by atomic mass is 16.2. The van der Waals surface area contributed by atoms with Crippen LogP contribution in [0.4, 0.5) is 10.5 Å². The van der Waals surface area contributed by atoms with Gasteiger partial charge in [0, 0.05) is 32.4 Å². The van der Waals surface area contributed by atoms with E-state index in [9.17, 15) is 9.59 Å². The molecule has 7 heteroatoms. The number of aliphatic imine (C=N–C) groups is 1. The Morgan fingerprint density at radius 3 is 2.62 bits per heavy atom. The van der Waals surface area contributed by atoms with Crippen molar-refractivity contribution in [3.63, 3.8) is 0 Å². The predicted octanol–water partition coefficient (Wildman–Crippen LogP) is 1.79. The van der Waals surface area contributed by atoms with E-state index in [1.54, 1.807) is 11.9 Å². The highest BCUT2D eigenvalue weighted by molar-refractivity contribution is 6.08. The van der Waals surface area contributed by atoms with Gasteiger partial charge < -0.3 is 14.7 Å². The minimum atomic E-state index is -0.438. The summed E-state index contributed by atoms with van der Waals surface area (Å²) in [4.78, 5) is 37.5. The van der Waals surface area contributed by atoms with Crippen LogP contribution in [0.1, 0.15) is 24.5 Å². The molecule has 0 bridgehead atoms. The zero-order chi connectivity index (χ0) is 18.6. The Kier molecular flexibility index (Phi) is 3.89. The lowest BCUT2D eigenvalue weighted by atomic mass is 10.1. The molecule has 3 aliphatic heterocycles. The highest BCUT2D eigenvalue weighted by Gasteiger charge is 2.54. The van der Waals surface area contributed by atoms with Gasteiger partial charge in [-0.05, 0) is 43.5 Å². The van der Waals surface area contributed by atoms with Crippen LogP contribution >= 0.6 is 0 Å². The number of carbonyl (C=O) groups excluding carboxylic acids is 2. The van der Waals surface area contributed by atoms with Crippen molar-refractivity contribution >= 4 is 23.6 Å². The molecule has 138 valence electrons. The topological polar surface area (TPSA) is 59.5 Å². The minimum absolute atomic E-state index is 0.124. The lowest BCUT2D eigenvalue weighted by Gasteiger charge is -2.40. The van der Waals surface area contributed by atoms with Crippen molar-refractivity contribution in [2.45, 2.75) is 39.4 Å². The molecule has 1 aromatic carbocycles. The smallest absolute Gasteiger partial charge is 0.325 e. The Morgan fingerprint density at radius 1 is 1.15 bits per heavy atom. The molecule has 0 aromatic heterocycles. The summed E-state index contributed by atoms with van der Waals surface area (Å²) in [6, 6.07) is 5.71. The lowest BCUT2D eigenvalue weighted by molar-refractivity contribution is -0.137. The first-order valence-electron chi connectivity index (χ1n) is 9.21. The molecule has 2 saturated heterocycles. The van der Waals surface area contributed by atoms with Crippen LogP contribution in [-0.4, -0.2) is 71.5 Å². The Bertz CT molecular complexity index is 805. The molecule has 0 N–H and O–H groups in total. The minimum Gasteiger partial charge on any atom is -0.325 e. The molecule has 26 heavy (non-hydrogen) atoms. The summed E-state index contributed by atoms with van der Waals surface area (Å²) in [6.45, 7) is 8.15. The number of hydrogen-bond acceptors (Lipinski definition) is 5. The maximum atomic E-state index is 13.0. The van der Waals surface area contributed by atoms with Crippen molar-refractivity contribution < 1.29 is 9.59 Å². The molecule has 0 radical (unpaired) electrons. The van der Waals surface area contributed by atoms with Crippen molar-refractivity contribution in [1.82, 2.24) is 14.7 Å². The van der Waals surface area contributed by atoms with Crippen LogP contribution in [0.2, 0.25) is 0 Å². The molecule has 3 heterocycles. The number of hydrogen-bond donors (Lipinski definition) is 0. The standard InChI is InChI=1S/C19H25N5O2/c1-5-8-24-17(25)15-16(21(4)19(24)26)20-18-22(9-10-23(15)18)14-7-6-12(2)13(3)11-14/h6-7,11,15-16H,5,8-10H2,1-4H3. The van der Waals surface area contributed by atoms with E-state index in [4.69, 9.17) is 4.99 Å². The van der Waals surface area contributed by atoms with Crippen molar-refractivity contribution in [3.05, 3.63) is 29.3 Å². The number of amides is 3. The number of benzene rings is 1. The van der Waals surface area contributed by atoms with Crippen LogP contribution in [0.5, 0.6) is 0 Å². The number of fused-ring (bicyclic) bond motifs is 3. The van der Waals surface area contributed by atoms with E-state index in [0.29, 0.717) is 6.54 Å². The number of urea groups is 1. The first-order valence-corrected chi connectivity index (χ1v) is 9.21. The fraction of sp³-hybridized carbons (Fsp3) is 0.526. The maximum Gasteiger partial charge on any atom is 0.328 e. The Balaban J connectivity index is 1.67. The molecule has 7 nitrogen and oxygen atoms in total. The lowest BCUT2D eigenvalue weighted by Crippen LogP contribution is -2.64. The van der Waals surface area contributed by atoms with E-state index in [2.05, 4.69) is 41.8 Å². The summed E-state index contributed by atoms with van der Waals surface area (Å²) in [6.07, 6.45) is 0.318. The van der Waals surface area contributed by atoms with Gasteiger partial charge in [0.25, 0.3) is 5.91 Å². The summed E-state index contributed by atoms with van der Waals surface area (Å²) < 4.78 is 0. The Hall–Kier alpha value is -2.57. The van der Waals surface area contributed by atoms with E-state index >= 15 is 0 Å². The van der Waals surface area contributed by atoms with E-state index in [1.807, 2.05) is 6.92 Å². The number of aryl methyl sites for hydroxylation is 2. The van der Waals surface area contributed by atoms with Crippen LogP contribution in [0.25, 0.3) is 0 Å². The third-order valence-electron chi connectivity index (χ3n) is 5.63. The van der Waals surface area contributed by atoms with E-state index in [-0.39, 0.29) is 11.9 Å². The first kappa shape index (κ1) is 16.9. The Morgan fingerprint density at radius 2 is 1.92 bits per heavy atom. The summed E-state index contributed by atoms with van der Waals surface area (Å²) in [5.74, 6) is 0.676. The van der Waals surface area contributed by atoms with Gasteiger partial charge in [-0.1, -0.05) is 13.0 Å². The quantitative estimate of drug-likeness (QED) is 0.829. The molecule has 3 amide bonds. The molecule has 2 unspecified atom stereocenters. The Labute approximate surface area is 153 Å². The molecular formula is C19H25N5O2. The SMILES string of the molecule is CCCN1C(=O)C2C(N=C3N(c4ccc(C)c(C)c4)CCN32)N(C)C1=O. The number of carbonyl (C=O) groups is 2. The molecule has 1 aromatic rings. The van der Waals surface area contributed by atoms with Crippen LogP contribution in [0, 0.1) is 13.8 Å². The highest BCUT2D eigenvalue weighted by Crippen LogP contribution is 2.33. The molecule has 0 saturated carbocycles. The van der Waals surface area contributed by atoms with Crippen LogP contribution < -0.4 is 4.90 Å². The number of anilines is 1. The first-order chi connectivity index (χ1) is 12.4. The van der Waals surface area contributed by atoms with Gasteiger partial charge in [-0.15, -0.1) is 0 Å². The van der Waals surface area contributed by atoms with Crippen molar-refractivity contribution in [1.29, 1.82) is 0 Å². The van der Waals surface area contributed by atoms with Crippen molar-refractivity contribution in [3.8, 4) is 0 Å². The third kappa shape index (κ3) is 2.29. The van der Waals surface area contributed by atoms with Crippen LogP contribution in [0.3, 0.4) is 0 Å². The molecule has 0 aliphatic carbocycles. The number of guanidine groups is 1. The van der Waals surface area contributed by atoms with Crippen LogP contribution in [-0.2, 0) is 4.79 Å². The number of nitrogens with zero attached hydrogens (tertiary/aromatic N) is 5. The summed E-state index contributed by atoms with van der Waals surface area (Å²) in [7, 11) is 1.74. The van der Waals surface area contributed by atoms with Gasteiger partial charge in [0.15, 0.2) is 12.2 Å². The fourth-order valence-corrected chi connectivity index (χ4v) is 4.00. The van der Waals surface area contributed by atoms with Gasteiger partial charge >= 0.3 is 6.03 Å². The predicted molar refractivity (Wildman–Crippen MR) is 100 cm³/mol. The van der Waals surface area contributed by atoms with E-state index < -0.39 is 12.2 Å². The molecule has 0 spiro atoms. The number of likely N-dealkylation sites (N-methyl/N-ethyl adjacent to an activating group) is 1. The van der Waals surface area contributed by atoms with E-state index in [1.165, 1.54) is 16.0 Å². The van der Waals surface area contributed by atoms with E-state index in [0.717, 1.165) is 31.2 Å². The molecule has 4 rings (SSSR count). The molecule has 3 aliphatic rings. The number of imide groups is 1. The fourth-order valence-electron chi connectivity index (χ4n) is 4.00. The van der Waals surface area contributed by atoms with Crippen LogP contribution in [0.15, 0.2) is 23.2 Å². The monoisotopic (exact) mass is 355 g/mol. The van der Waals surface area contributed by atoms with Gasteiger partial charge in [0.2, 0.25) is 5.96 Å². The summed E-state index contributed by atoms with van der Waals surface area (Å²) in [5, 5.41) is 0. The van der Waals surface area contributed by atoms with Crippen molar-refractivity contribution in [2.24, 2.45) is 4.99 Å². The largest absolute Gasteiger partial charge is 0.328 e. The summed E-state index contributed by atoms with van der Waals surface area (Å²) >= 11 is 0. The number of rotatable bonds is 3. The van der Waals surface area contributed by atoms with Gasteiger partial charge in [0.1, 0.15) is 0 Å². The second-order valence-electron chi connectivity index (χ2n) is 7.28. The van der Waals surface area contributed by atoms with Gasteiger partial charge in [-0.25, -0.2) is 9.79 Å². The third-order valence-corrected chi connectivity index (χ3v) is 5.63. The van der Waals surface area contributed by atoms with Gasteiger partial charge in [-0.3, -0.25) is 9.69 Å². The molecule has 2 atom stereocenters. The van der Waals surface area contributed by atoms with Gasteiger partial charge in [0.05, 0.1) is 0 Å². The second-order valence-corrected chi connectivity index (χ2v) is 7.28. The molecular weight excluding hydrogens is 330 g/mol. The van der Waals surface area contributed by atoms with Crippen molar-refractivity contribution in [2.75, 3.05) is 31.6 Å². The zero-order valence-electron chi connectivity index (χ0n) is 15.8. The molecule has 2 fully saturated rings. The second kappa shape index (κ2) is 6.00. The zero-order valence-corrected chi connectivity index (χ0v) is 15.8. The van der Waals surface area contributed by atoms with Gasteiger partial charge in [-0.2, -0.15) is 0 Å². The average molecular weight is 355 g/mol. The normalized spacial score (nSPS) is 25.0. The maximum absolute atomic E-state index is 13.0. The average Bonchev–Trinajstić information content (AvgIpc) is 3.18. The summed E-state index contributed by atoms with van der Waals surface area (Å²) in [5.41, 5.74) is 3.57.